The van der Waals surface area contributed by atoms with Crippen molar-refractivity contribution in [2.45, 2.75) is 51.3 Å². The van der Waals surface area contributed by atoms with Crippen molar-refractivity contribution in [2.75, 3.05) is 25.7 Å². The fraction of sp³-hybridized carbons (Fsp3) is 0.400. The minimum atomic E-state index is -4.25. The molecule has 2 aromatic carbocycles. The molecule has 0 aromatic heterocycles. The number of amides is 2. The Balaban J connectivity index is 2.12. The van der Waals surface area contributed by atoms with Crippen LogP contribution in [0.15, 0.2) is 35.2 Å². The summed E-state index contributed by atoms with van der Waals surface area (Å²) in [5.41, 5.74) is 3.39. The second kappa shape index (κ2) is 10.3. The van der Waals surface area contributed by atoms with Crippen molar-refractivity contribution in [1.82, 2.24) is 4.31 Å². The van der Waals surface area contributed by atoms with E-state index in [-0.39, 0.29) is 23.5 Å². The molecule has 0 bridgehead atoms. The number of anilines is 1. The first-order valence-electron chi connectivity index (χ1n) is 11.0. The molecule has 0 aliphatic carbocycles. The number of hydrogen-bond donors (Lipinski definition) is 0. The van der Waals surface area contributed by atoms with Gasteiger partial charge in [-0.2, -0.15) is 9.57 Å². The van der Waals surface area contributed by atoms with Crippen LogP contribution in [0.25, 0.3) is 0 Å². The number of aryl methyl sites for hydroxylation is 2. The lowest BCUT2D eigenvalue weighted by molar-refractivity contribution is -0.125. The van der Waals surface area contributed by atoms with E-state index in [2.05, 4.69) is 0 Å². The number of ether oxygens (including phenoxy) is 2. The van der Waals surface area contributed by atoms with Crippen molar-refractivity contribution in [3.05, 3.63) is 58.1 Å². The number of benzene rings is 2. The number of carbonyl (C=O) groups excluding carboxylic acids is 2. The Morgan fingerprint density at radius 2 is 1.60 bits per heavy atom. The average Bonchev–Trinajstić information content (AvgIpc) is 3.11. The number of methoxy groups -OCH3 is 2. The van der Waals surface area contributed by atoms with Gasteiger partial charge in [-0.05, 0) is 74.2 Å². The minimum Gasteiger partial charge on any atom is -0.354 e. The first-order valence-corrected chi connectivity index (χ1v) is 12.4. The molecule has 3 rings (SSSR count). The summed E-state index contributed by atoms with van der Waals surface area (Å²) in [6, 6.07) is 8.57. The van der Waals surface area contributed by atoms with Crippen LogP contribution in [-0.2, 0) is 29.1 Å². The zero-order valence-electron chi connectivity index (χ0n) is 20.7. The predicted molar refractivity (Wildman–Crippen MR) is 129 cm³/mol. The number of nitrogens with zero attached hydrogens (tertiary/aromatic N) is 3. The lowest BCUT2D eigenvalue weighted by atomic mass is 10.0. The van der Waals surface area contributed by atoms with Crippen LogP contribution in [-0.4, -0.2) is 57.6 Å². The normalized spacial score (nSPS) is 16.4. The number of rotatable bonds is 8. The molecule has 186 valence electrons. The van der Waals surface area contributed by atoms with Gasteiger partial charge in [-0.3, -0.25) is 9.59 Å². The Morgan fingerprint density at radius 1 is 1.06 bits per heavy atom. The highest BCUT2D eigenvalue weighted by Gasteiger charge is 2.48. The highest BCUT2D eigenvalue weighted by molar-refractivity contribution is 7.89. The van der Waals surface area contributed by atoms with Crippen LogP contribution in [0, 0.1) is 39.0 Å². The lowest BCUT2D eigenvalue weighted by Gasteiger charge is -2.31. The second-order valence-electron chi connectivity index (χ2n) is 8.51. The van der Waals surface area contributed by atoms with Gasteiger partial charge in [0.2, 0.25) is 15.9 Å². The molecule has 0 saturated carbocycles. The summed E-state index contributed by atoms with van der Waals surface area (Å²) in [6.45, 7) is 6.82. The van der Waals surface area contributed by atoms with Crippen LogP contribution in [0.4, 0.5) is 5.69 Å². The molecule has 1 aliphatic rings. The summed E-state index contributed by atoms with van der Waals surface area (Å²) in [5, 5.41) is 9.03. The monoisotopic (exact) mass is 499 g/mol. The maximum absolute atomic E-state index is 14.1. The third-order valence-electron chi connectivity index (χ3n) is 6.44. The quantitative estimate of drug-likeness (QED) is 0.405. The van der Waals surface area contributed by atoms with Gasteiger partial charge >= 0.3 is 0 Å². The topological polar surface area (TPSA) is 117 Å². The third-order valence-corrected chi connectivity index (χ3v) is 8.59. The maximum atomic E-state index is 14.1. The van der Waals surface area contributed by atoms with Gasteiger partial charge in [-0.15, -0.1) is 0 Å². The molecule has 0 radical (unpaired) electrons. The van der Waals surface area contributed by atoms with E-state index in [1.807, 2.05) is 26.0 Å². The molecule has 1 fully saturated rings. The van der Waals surface area contributed by atoms with Crippen molar-refractivity contribution in [3.8, 4) is 6.07 Å². The third kappa shape index (κ3) is 4.86. The molecule has 9 nitrogen and oxygen atoms in total. The summed E-state index contributed by atoms with van der Waals surface area (Å²) in [5.74, 6) is -1.21. The van der Waals surface area contributed by atoms with E-state index in [1.54, 1.807) is 13.8 Å². The number of hydrogen-bond acceptors (Lipinski definition) is 7. The molecule has 1 saturated heterocycles. The van der Waals surface area contributed by atoms with Crippen LogP contribution in [0.1, 0.15) is 34.2 Å². The SMILES string of the molecule is COC(CN(C1CC(=O)N(c2ccc(C#N)cc2)C1=O)S(=O)(=O)c1c(C)c(C)cc(C)c1C)OC. The Morgan fingerprint density at radius 3 is 2.09 bits per heavy atom. The minimum absolute atomic E-state index is 0.109. The summed E-state index contributed by atoms with van der Waals surface area (Å²) < 4.78 is 39.8. The van der Waals surface area contributed by atoms with Crippen molar-refractivity contribution in [2.24, 2.45) is 0 Å². The zero-order valence-corrected chi connectivity index (χ0v) is 21.5. The predicted octanol–water partition coefficient (Wildman–Crippen LogP) is 2.73. The lowest BCUT2D eigenvalue weighted by Crippen LogP contribution is -2.49. The van der Waals surface area contributed by atoms with Gasteiger partial charge in [0, 0.05) is 14.2 Å². The Kier molecular flexibility index (Phi) is 7.77. The zero-order chi connectivity index (χ0) is 26.1. The first-order chi connectivity index (χ1) is 16.5. The molecule has 10 heteroatoms. The molecule has 0 spiro atoms. The van der Waals surface area contributed by atoms with Gasteiger partial charge < -0.3 is 9.47 Å². The van der Waals surface area contributed by atoms with E-state index in [1.165, 1.54) is 38.5 Å². The van der Waals surface area contributed by atoms with Gasteiger partial charge in [0.15, 0.2) is 6.29 Å². The van der Waals surface area contributed by atoms with Gasteiger partial charge in [0.05, 0.1) is 35.2 Å². The number of sulfonamides is 1. The molecular formula is C25H29N3O6S. The van der Waals surface area contributed by atoms with Crippen molar-refractivity contribution >= 4 is 27.5 Å². The summed E-state index contributed by atoms with van der Waals surface area (Å²) in [6.07, 6.45) is -1.29. The molecule has 1 atom stereocenters. The molecule has 1 heterocycles. The van der Waals surface area contributed by atoms with Crippen molar-refractivity contribution < 1.29 is 27.5 Å². The van der Waals surface area contributed by atoms with Crippen LogP contribution in [0.3, 0.4) is 0 Å². The fourth-order valence-corrected chi connectivity index (χ4v) is 6.42. The first kappa shape index (κ1) is 26.5. The number of imide groups is 1. The second-order valence-corrected chi connectivity index (χ2v) is 10.3. The molecule has 35 heavy (non-hydrogen) atoms. The van der Waals surface area contributed by atoms with E-state index < -0.39 is 34.2 Å². The van der Waals surface area contributed by atoms with Crippen LogP contribution in [0.5, 0.6) is 0 Å². The Hall–Kier alpha value is -3.10. The number of carbonyl (C=O) groups is 2. The average molecular weight is 500 g/mol. The molecule has 2 aromatic rings. The van der Waals surface area contributed by atoms with Gasteiger partial charge in [-0.25, -0.2) is 13.3 Å². The van der Waals surface area contributed by atoms with Crippen LogP contribution in [0.2, 0.25) is 0 Å². The van der Waals surface area contributed by atoms with E-state index in [0.717, 1.165) is 20.3 Å². The van der Waals surface area contributed by atoms with Gasteiger partial charge in [0.25, 0.3) is 5.91 Å². The Labute approximate surface area is 205 Å². The highest BCUT2D eigenvalue weighted by Crippen LogP contribution is 2.34. The smallest absolute Gasteiger partial charge is 0.252 e. The van der Waals surface area contributed by atoms with Gasteiger partial charge in [0.1, 0.15) is 6.04 Å². The van der Waals surface area contributed by atoms with Crippen molar-refractivity contribution in [1.29, 1.82) is 5.26 Å². The van der Waals surface area contributed by atoms with Gasteiger partial charge in [-0.1, -0.05) is 6.07 Å². The largest absolute Gasteiger partial charge is 0.354 e. The Bertz CT molecular complexity index is 1270. The molecular weight excluding hydrogens is 470 g/mol. The van der Waals surface area contributed by atoms with E-state index in [9.17, 15) is 18.0 Å². The van der Waals surface area contributed by atoms with Crippen LogP contribution < -0.4 is 4.90 Å². The molecule has 1 aliphatic heterocycles. The van der Waals surface area contributed by atoms with E-state index in [4.69, 9.17) is 14.7 Å². The summed E-state index contributed by atoms with van der Waals surface area (Å²) in [7, 11) is -1.50. The molecule has 2 amide bonds. The highest BCUT2D eigenvalue weighted by atomic mass is 32.2. The standard InChI is InChI=1S/C25H29N3O6S/c1-15-11-16(2)18(4)24(17(15)3)35(31,32)27(14-23(33-5)34-6)21-12-22(29)28(25(21)30)20-9-7-19(13-26)8-10-20/h7-11,21,23H,12,14H2,1-6H3. The van der Waals surface area contributed by atoms with E-state index >= 15 is 0 Å². The summed E-state index contributed by atoms with van der Waals surface area (Å²) >= 11 is 0. The molecule has 0 N–H and O–H groups in total. The molecule has 1 unspecified atom stereocenters. The van der Waals surface area contributed by atoms with Crippen molar-refractivity contribution in [3.63, 3.8) is 0 Å². The van der Waals surface area contributed by atoms with Crippen LogP contribution >= 0.6 is 0 Å². The summed E-state index contributed by atoms with van der Waals surface area (Å²) in [4.78, 5) is 27.5. The fourth-order valence-electron chi connectivity index (χ4n) is 4.27. The van der Waals surface area contributed by atoms with E-state index in [0.29, 0.717) is 16.7 Å². The number of nitriles is 1. The maximum Gasteiger partial charge on any atom is 0.252 e.